The molecular weight excluding hydrogens is 300 g/mol. The SMILES string of the molecule is O=S1(=O)CCN(c2nccc(NCc3ccccc3)n2)CC1. The molecule has 3 rings (SSSR count). The minimum atomic E-state index is -2.89. The van der Waals surface area contributed by atoms with Crippen molar-refractivity contribution in [3.8, 4) is 0 Å². The fourth-order valence-electron chi connectivity index (χ4n) is 2.30. The number of nitrogens with zero attached hydrogens (tertiary/aromatic N) is 3. The average Bonchev–Trinajstić information content (AvgIpc) is 2.54. The maximum absolute atomic E-state index is 11.5. The number of benzene rings is 1. The van der Waals surface area contributed by atoms with Crippen LogP contribution in [0.5, 0.6) is 0 Å². The number of rotatable bonds is 4. The molecule has 6 nitrogen and oxygen atoms in total. The molecule has 1 aromatic carbocycles. The van der Waals surface area contributed by atoms with Crippen molar-refractivity contribution in [1.29, 1.82) is 0 Å². The zero-order valence-corrected chi connectivity index (χ0v) is 13.0. The van der Waals surface area contributed by atoms with E-state index < -0.39 is 9.84 Å². The lowest BCUT2D eigenvalue weighted by Crippen LogP contribution is -2.41. The molecule has 1 saturated heterocycles. The Morgan fingerprint density at radius 1 is 1.09 bits per heavy atom. The fourth-order valence-corrected chi connectivity index (χ4v) is 3.50. The molecule has 2 aromatic rings. The van der Waals surface area contributed by atoms with Crippen LogP contribution in [-0.4, -0.2) is 43.0 Å². The second-order valence-electron chi connectivity index (χ2n) is 5.22. The van der Waals surface area contributed by atoms with Crippen molar-refractivity contribution in [2.45, 2.75) is 6.54 Å². The Labute approximate surface area is 130 Å². The van der Waals surface area contributed by atoms with Crippen molar-refractivity contribution in [2.24, 2.45) is 0 Å². The fraction of sp³-hybridized carbons (Fsp3) is 0.333. The number of hydrogen-bond donors (Lipinski definition) is 1. The van der Waals surface area contributed by atoms with Crippen molar-refractivity contribution in [3.05, 3.63) is 48.2 Å². The van der Waals surface area contributed by atoms with Gasteiger partial charge in [0.25, 0.3) is 0 Å². The quantitative estimate of drug-likeness (QED) is 0.916. The van der Waals surface area contributed by atoms with Crippen LogP contribution in [0.15, 0.2) is 42.6 Å². The Kier molecular flexibility index (Phi) is 4.24. The van der Waals surface area contributed by atoms with E-state index in [0.29, 0.717) is 25.6 Å². The van der Waals surface area contributed by atoms with Crippen LogP contribution in [0.25, 0.3) is 0 Å². The molecule has 0 unspecified atom stereocenters. The zero-order valence-electron chi connectivity index (χ0n) is 12.1. The van der Waals surface area contributed by atoms with E-state index in [1.54, 1.807) is 6.20 Å². The van der Waals surface area contributed by atoms with E-state index in [1.165, 1.54) is 5.56 Å². The van der Waals surface area contributed by atoms with E-state index in [1.807, 2.05) is 41.3 Å². The predicted molar refractivity (Wildman–Crippen MR) is 86.7 cm³/mol. The van der Waals surface area contributed by atoms with Crippen LogP contribution in [0.1, 0.15) is 5.56 Å². The maximum atomic E-state index is 11.5. The van der Waals surface area contributed by atoms with E-state index in [4.69, 9.17) is 0 Å². The topological polar surface area (TPSA) is 75.2 Å². The van der Waals surface area contributed by atoms with E-state index in [0.717, 1.165) is 5.82 Å². The van der Waals surface area contributed by atoms with Gasteiger partial charge in [-0.3, -0.25) is 0 Å². The number of anilines is 2. The van der Waals surface area contributed by atoms with Crippen LogP contribution in [-0.2, 0) is 16.4 Å². The van der Waals surface area contributed by atoms with Crippen molar-refractivity contribution in [1.82, 2.24) is 9.97 Å². The van der Waals surface area contributed by atoms with E-state index in [9.17, 15) is 8.42 Å². The molecule has 1 aliphatic heterocycles. The Morgan fingerprint density at radius 2 is 1.82 bits per heavy atom. The second-order valence-corrected chi connectivity index (χ2v) is 7.52. The predicted octanol–water partition coefficient (Wildman–Crippen LogP) is 1.32. The first-order valence-electron chi connectivity index (χ1n) is 7.19. The third kappa shape index (κ3) is 3.73. The van der Waals surface area contributed by atoms with Crippen molar-refractivity contribution in [2.75, 3.05) is 34.8 Å². The highest BCUT2D eigenvalue weighted by Crippen LogP contribution is 2.15. The summed E-state index contributed by atoms with van der Waals surface area (Å²) in [6, 6.07) is 11.9. The molecule has 0 amide bonds. The zero-order chi connectivity index (χ0) is 15.4. The van der Waals surface area contributed by atoms with Crippen LogP contribution in [0.2, 0.25) is 0 Å². The maximum Gasteiger partial charge on any atom is 0.227 e. The van der Waals surface area contributed by atoms with Gasteiger partial charge in [0.15, 0.2) is 9.84 Å². The molecule has 1 aromatic heterocycles. The smallest absolute Gasteiger partial charge is 0.227 e. The van der Waals surface area contributed by atoms with Gasteiger partial charge in [-0.05, 0) is 11.6 Å². The number of nitrogens with one attached hydrogen (secondary N) is 1. The number of aromatic nitrogens is 2. The third-order valence-corrected chi connectivity index (χ3v) is 5.20. The highest BCUT2D eigenvalue weighted by molar-refractivity contribution is 7.91. The summed E-state index contributed by atoms with van der Waals surface area (Å²) >= 11 is 0. The summed E-state index contributed by atoms with van der Waals surface area (Å²) in [6.07, 6.45) is 1.69. The standard InChI is InChI=1S/C15H18N4O2S/c20-22(21)10-8-19(9-11-22)15-16-7-6-14(18-15)17-12-13-4-2-1-3-5-13/h1-7H,8-12H2,(H,16,17,18). The van der Waals surface area contributed by atoms with Crippen LogP contribution in [0.4, 0.5) is 11.8 Å². The Balaban J connectivity index is 1.65. The minimum absolute atomic E-state index is 0.165. The molecule has 7 heteroatoms. The molecule has 2 heterocycles. The second kappa shape index (κ2) is 6.31. The Morgan fingerprint density at radius 3 is 2.55 bits per heavy atom. The first kappa shape index (κ1) is 14.8. The van der Waals surface area contributed by atoms with Crippen molar-refractivity contribution < 1.29 is 8.42 Å². The lowest BCUT2D eigenvalue weighted by molar-refractivity contribution is 0.585. The molecule has 22 heavy (non-hydrogen) atoms. The molecule has 1 aliphatic rings. The van der Waals surface area contributed by atoms with Crippen LogP contribution in [0, 0.1) is 0 Å². The van der Waals surface area contributed by atoms with Gasteiger partial charge in [0.05, 0.1) is 11.5 Å². The molecule has 0 saturated carbocycles. The van der Waals surface area contributed by atoms with Crippen LogP contribution < -0.4 is 10.2 Å². The van der Waals surface area contributed by atoms with Gasteiger partial charge in [-0.1, -0.05) is 30.3 Å². The minimum Gasteiger partial charge on any atom is -0.366 e. The van der Waals surface area contributed by atoms with E-state index >= 15 is 0 Å². The molecule has 0 atom stereocenters. The van der Waals surface area contributed by atoms with Gasteiger partial charge in [-0.25, -0.2) is 13.4 Å². The third-order valence-electron chi connectivity index (χ3n) is 3.59. The number of hydrogen-bond acceptors (Lipinski definition) is 6. The Hall–Kier alpha value is -2.15. The van der Waals surface area contributed by atoms with Gasteiger partial charge in [0, 0.05) is 25.8 Å². The van der Waals surface area contributed by atoms with E-state index in [-0.39, 0.29) is 11.5 Å². The summed E-state index contributed by atoms with van der Waals surface area (Å²) in [5, 5.41) is 3.26. The molecule has 1 N–H and O–H groups in total. The van der Waals surface area contributed by atoms with Crippen LogP contribution >= 0.6 is 0 Å². The monoisotopic (exact) mass is 318 g/mol. The highest BCUT2D eigenvalue weighted by atomic mass is 32.2. The van der Waals surface area contributed by atoms with Gasteiger partial charge in [0.2, 0.25) is 5.95 Å². The first-order chi connectivity index (χ1) is 10.6. The lowest BCUT2D eigenvalue weighted by Gasteiger charge is -2.26. The highest BCUT2D eigenvalue weighted by Gasteiger charge is 2.23. The molecule has 1 fully saturated rings. The molecule has 0 radical (unpaired) electrons. The van der Waals surface area contributed by atoms with Crippen molar-refractivity contribution in [3.63, 3.8) is 0 Å². The molecular formula is C15H18N4O2S. The summed E-state index contributed by atoms with van der Waals surface area (Å²) < 4.78 is 22.9. The molecule has 0 aliphatic carbocycles. The van der Waals surface area contributed by atoms with Gasteiger partial charge in [-0.15, -0.1) is 0 Å². The normalized spacial score (nSPS) is 17.2. The van der Waals surface area contributed by atoms with Crippen LogP contribution in [0.3, 0.4) is 0 Å². The first-order valence-corrected chi connectivity index (χ1v) is 9.01. The summed E-state index contributed by atoms with van der Waals surface area (Å²) in [5.74, 6) is 1.64. The summed E-state index contributed by atoms with van der Waals surface area (Å²) in [7, 11) is -2.89. The lowest BCUT2D eigenvalue weighted by atomic mass is 10.2. The van der Waals surface area contributed by atoms with Crippen molar-refractivity contribution >= 4 is 21.6 Å². The Bertz CT molecular complexity index is 720. The largest absolute Gasteiger partial charge is 0.366 e. The van der Waals surface area contributed by atoms with E-state index in [2.05, 4.69) is 15.3 Å². The molecule has 116 valence electrons. The summed E-state index contributed by atoms with van der Waals surface area (Å²) in [6.45, 7) is 1.58. The van der Waals surface area contributed by atoms with Gasteiger partial charge >= 0.3 is 0 Å². The van der Waals surface area contributed by atoms with Gasteiger partial charge in [-0.2, -0.15) is 4.98 Å². The molecule has 0 bridgehead atoms. The van der Waals surface area contributed by atoms with Gasteiger partial charge < -0.3 is 10.2 Å². The average molecular weight is 318 g/mol. The molecule has 0 spiro atoms. The summed E-state index contributed by atoms with van der Waals surface area (Å²) in [4.78, 5) is 10.6. The summed E-state index contributed by atoms with van der Waals surface area (Å²) in [5.41, 5.74) is 1.17. The van der Waals surface area contributed by atoms with Gasteiger partial charge in [0.1, 0.15) is 5.82 Å². The number of sulfone groups is 1.